The molecule has 1 aliphatic carbocycles. The molecule has 1 fully saturated rings. The molecule has 0 N–H and O–H groups in total. The minimum Gasteiger partial charge on any atom is -0.490 e. The van der Waals surface area contributed by atoms with E-state index in [9.17, 15) is 0 Å². The molecule has 1 aromatic carbocycles. The molecule has 1 aliphatic rings. The van der Waals surface area contributed by atoms with Gasteiger partial charge in [-0.1, -0.05) is 37.0 Å². The molecular weight excluding hydrogens is 279 g/mol. The Morgan fingerprint density at radius 2 is 2.06 bits per heavy atom. The maximum absolute atomic E-state index is 6.25. The molecule has 1 saturated carbocycles. The van der Waals surface area contributed by atoms with Gasteiger partial charge in [0.2, 0.25) is 0 Å². The van der Waals surface area contributed by atoms with Gasteiger partial charge in [0.25, 0.3) is 0 Å². The highest BCUT2D eigenvalue weighted by molar-refractivity contribution is 6.42. The van der Waals surface area contributed by atoms with E-state index in [0.29, 0.717) is 10.0 Å². The molecule has 0 aromatic heterocycles. The Labute approximate surface area is 117 Å². The van der Waals surface area contributed by atoms with Crippen LogP contribution in [0.1, 0.15) is 26.7 Å². The molecule has 1 aromatic rings. The Hall–Kier alpha value is -0.110. The lowest BCUT2D eigenvalue weighted by Crippen LogP contribution is -2.55. The van der Waals surface area contributed by atoms with Crippen LogP contribution in [-0.2, 0) is 0 Å². The van der Waals surface area contributed by atoms with Crippen molar-refractivity contribution in [2.24, 2.45) is 5.41 Å². The molecule has 0 saturated heterocycles. The molecule has 3 unspecified atom stereocenters. The van der Waals surface area contributed by atoms with Crippen LogP contribution >= 0.6 is 34.8 Å². The molecule has 0 aliphatic heterocycles. The van der Waals surface area contributed by atoms with Crippen LogP contribution in [0.5, 0.6) is 5.75 Å². The Bertz CT molecular complexity index is 421. The summed E-state index contributed by atoms with van der Waals surface area (Å²) in [7, 11) is 0. The summed E-state index contributed by atoms with van der Waals surface area (Å²) in [6.45, 7) is 4.30. The van der Waals surface area contributed by atoms with Crippen molar-refractivity contribution in [1.29, 1.82) is 0 Å². The minimum absolute atomic E-state index is 0.0493. The van der Waals surface area contributed by atoms with Gasteiger partial charge < -0.3 is 4.74 Å². The number of hydrogen-bond donors (Lipinski definition) is 0. The van der Waals surface area contributed by atoms with Gasteiger partial charge in [-0.25, -0.2) is 0 Å². The van der Waals surface area contributed by atoms with Crippen LogP contribution < -0.4 is 4.74 Å². The molecule has 0 bridgehead atoms. The van der Waals surface area contributed by atoms with Crippen molar-refractivity contribution in [2.75, 3.05) is 0 Å². The molecule has 0 heterocycles. The lowest BCUT2D eigenvalue weighted by Gasteiger charge is -2.50. The summed E-state index contributed by atoms with van der Waals surface area (Å²) in [5, 5.41) is 1.26. The summed E-state index contributed by atoms with van der Waals surface area (Å²) in [5.41, 5.74) is 0.0493. The fourth-order valence-electron chi connectivity index (χ4n) is 2.11. The summed E-state index contributed by atoms with van der Waals surface area (Å²) >= 11 is 18.1. The van der Waals surface area contributed by atoms with E-state index in [4.69, 9.17) is 39.5 Å². The van der Waals surface area contributed by atoms with Gasteiger partial charge in [-0.3, -0.25) is 0 Å². The van der Waals surface area contributed by atoms with Gasteiger partial charge in [0.05, 0.1) is 10.0 Å². The molecule has 2 rings (SSSR count). The second-order valence-electron chi connectivity index (χ2n) is 4.75. The van der Waals surface area contributed by atoms with Gasteiger partial charge in [-0.2, -0.15) is 0 Å². The van der Waals surface area contributed by atoms with Crippen LogP contribution in [0.4, 0.5) is 0 Å². The molecule has 3 atom stereocenters. The SMILES string of the molecule is CCC1(C)C(Cl)CC1Oc1ccc(Cl)c(Cl)c1. The maximum atomic E-state index is 6.25. The second-order valence-corrected chi connectivity index (χ2v) is 6.09. The third kappa shape index (κ3) is 2.38. The normalized spacial score (nSPS) is 32.1. The lowest BCUT2D eigenvalue weighted by molar-refractivity contribution is -0.0294. The van der Waals surface area contributed by atoms with E-state index in [0.717, 1.165) is 18.6 Å². The predicted octanol–water partition coefficient (Wildman–Crippen LogP) is 5.17. The van der Waals surface area contributed by atoms with E-state index in [1.807, 2.05) is 6.07 Å². The van der Waals surface area contributed by atoms with E-state index in [-0.39, 0.29) is 16.9 Å². The Morgan fingerprint density at radius 1 is 1.35 bits per heavy atom. The topological polar surface area (TPSA) is 9.23 Å². The van der Waals surface area contributed by atoms with Crippen molar-refractivity contribution in [3.63, 3.8) is 0 Å². The standard InChI is InChI=1S/C13H15Cl3O/c1-3-13(2)11(16)7-12(13)17-8-4-5-9(14)10(15)6-8/h4-6,11-12H,3,7H2,1-2H3. The monoisotopic (exact) mass is 292 g/mol. The van der Waals surface area contributed by atoms with Crippen molar-refractivity contribution < 1.29 is 4.74 Å². The largest absolute Gasteiger partial charge is 0.490 e. The van der Waals surface area contributed by atoms with Gasteiger partial charge in [0.1, 0.15) is 11.9 Å². The van der Waals surface area contributed by atoms with E-state index in [1.54, 1.807) is 12.1 Å². The zero-order valence-electron chi connectivity index (χ0n) is 9.84. The van der Waals surface area contributed by atoms with Crippen molar-refractivity contribution in [3.8, 4) is 5.75 Å². The highest BCUT2D eigenvalue weighted by Gasteiger charge is 2.51. The molecule has 4 heteroatoms. The zero-order chi connectivity index (χ0) is 12.6. The quantitative estimate of drug-likeness (QED) is 0.699. The number of benzene rings is 1. The van der Waals surface area contributed by atoms with Gasteiger partial charge in [0.15, 0.2) is 0 Å². The molecule has 0 amide bonds. The summed E-state index contributed by atoms with van der Waals surface area (Å²) < 4.78 is 5.94. The Kier molecular flexibility index (Phi) is 3.82. The number of rotatable bonds is 3. The fraction of sp³-hybridized carbons (Fsp3) is 0.538. The number of alkyl halides is 1. The number of halogens is 3. The fourth-order valence-corrected chi connectivity index (χ4v) is 2.86. The van der Waals surface area contributed by atoms with Crippen LogP contribution in [0.15, 0.2) is 18.2 Å². The van der Waals surface area contributed by atoms with E-state index in [2.05, 4.69) is 13.8 Å². The third-order valence-corrected chi connectivity index (χ3v) is 5.22. The first-order valence-electron chi connectivity index (χ1n) is 5.73. The average molecular weight is 294 g/mol. The van der Waals surface area contributed by atoms with Crippen LogP contribution in [0.25, 0.3) is 0 Å². The number of ether oxygens (including phenoxy) is 1. The van der Waals surface area contributed by atoms with E-state index in [1.165, 1.54) is 0 Å². The van der Waals surface area contributed by atoms with Crippen molar-refractivity contribution in [2.45, 2.75) is 38.2 Å². The van der Waals surface area contributed by atoms with Gasteiger partial charge in [-0.15, -0.1) is 11.6 Å². The van der Waals surface area contributed by atoms with Crippen LogP contribution in [0.2, 0.25) is 10.0 Å². The van der Waals surface area contributed by atoms with Crippen LogP contribution in [0.3, 0.4) is 0 Å². The average Bonchev–Trinajstić information content (AvgIpc) is 2.32. The third-order valence-electron chi connectivity index (χ3n) is 3.80. The summed E-state index contributed by atoms with van der Waals surface area (Å²) in [6, 6.07) is 5.34. The minimum atomic E-state index is 0.0493. The van der Waals surface area contributed by atoms with Crippen LogP contribution in [-0.4, -0.2) is 11.5 Å². The molecular formula is C13H15Cl3O. The molecule has 1 nitrogen and oxygen atoms in total. The van der Waals surface area contributed by atoms with E-state index < -0.39 is 0 Å². The molecule has 94 valence electrons. The van der Waals surface area contributed by atoms with Crippen molar-refractivity contribution in [1.82, 2.24) is 0 Å². The maximum Gasteiger partial charge on any atom is 0.121 e. The van der Waals surface area contributed by atoms with Crippen LogP contribution in [0, 0.1) is 5.41 Å². The summed E-state index contributed by atoms with van der Waals surface area (Å²) in [5.74, 6) is 0.757. The molecule has 0 radical (unpaired) electrons. The summed E-state index contributed by atoms with van der Waals surface area (Å²) in [4.78, 5) is 0. The summed E-state index contributed by atoms with van der Waals surface area (Å²) in [6.07, 6.45) is 2.05. The predicted molar refractivity (Wildman–Crippen MR) is 73.5 cm³/mol. The first kappa shape index (κ1) is 13.3. The highest BCUT2D eigenvalue weighted by Crippen LogP contribution is 2.49. The Balaban J connectivity index is 2.09. The number of hydrogen-bond acceptors (Lipinski definition) is 1. The first-order chi connectivity index (χ1) is 7.97. The second kappa shape index (κ2) is 4.87. The zero-order valence-corrected chi connectivity index (χ0v) is 12.1. The highest BCUT2D eigenvalue weighted by atomic mass is 35.5. The van der Waals surface area contributed by atoms with Gasteiger partial charge >= 0.3 is 0 Å². The van der Waals surface area contributed by atoms with Crippen molar-refractivity contribution >= 4 is 34.8 Å². The Morgan fingerprint density at radius 3 is 2.59 bits per heavy atom. The van der Waals surface area contributed by atoms with Crippen molar-refractivity contribution in [3.05, 3.63) is 28.2 Å². The van der Waals surface area contributed by atoms with Gasteiger partial charge in [0, 0.05) is 23.3 Å². The van der Waals surface area contributed by atoms with E-state index >= 15 is 0 Å². The lowest BCUT2D eigenvalue weighted by atomic mass is 9.65. The van der Waals surface area contributed by atoms with Gasteiger partial charge in [-0.05, 0) is 18.6 Å². The molecule has 0 spiro atoms. The smallest absolute Gasteiger partial charge is 0.121 e. The molecule has 17 heavy (non-hydrogen) atoms. The first-order valence-corrected chi connectivity index (χ1v) is 6.92.